The van der Waals surface area contributed by atoms with E-state index in [1.165, 1.54) is 60.9 Å². The minimum Gasteiger partial charge on any atom is -0.480 e. The van der Waals surface area contributed by atoms with E-state index in [4.69, 9.17) is 15.2 Å². The first-order valence-corrected chi connectivity index (χ1v) is 25.0. The first kappa shape index (κ1) is 52.4. The average Bonchev–Trinajstić information content (AvgIpc) is 3.93. The van der Waals surface area contributed by atoms with Gasteiger partial charge in [0.25, 0.3) is 11.5 Å². The Bertz CT molecular complexity index is 2800. The molecule has 71 heavy (non-hydrogen) atoms. The first-order valence-electron chi connectivity index (χ1n) is 22.5. The van der Waals surface area contributed by atoms with Crippen LogP contribution in [0.4, 0.5) is 16.4 Å². The van der Waals surface area contributed by atoms with Crippen LogP contribution < -0.4 is 43.6 Å². The van der Waals surface area contributed by atoms with Crippen LogP contribution in [0.5, 0.6) is 0 Å². The Kier molecular flexibility index (Phi) is 15.3. The minimum atomic E-state index is -1.43. The number of allylic oxidation sites excluding steroid dienone is 2. The number of aromatic amines is 1. The van der Waals surface area contributed by atoms with E-state index in [9.17, 15) is 48.6 Å². The number of benzene rings is 1. The topological polar surface area (TPSA) is 377 Å². The summed E-state index contributed by atoms with van der Waals surface area (Å²) >= 11 is 0. The number of carboxylic acids is 2. The number of nitrogens with zero attached hydrogens (tertiary/aromatic N) is 4. The lowest BCUT2D eigenvalue weighted by molar-refractivity contribution is -0.285. The molecule has 2 saturated heterocycles. The fourth-order valence-electron chi connectivity index (χ4n) is 9.09. The van der Waals surface area contributed by atoms with Crippen LogP contribution in [0.2, 0.25) is 0 Å². The van der Waals surface area contributed by atoms with Gasteiger partial charge >= 0.3 is 18.0 Å². The van der Waals surface area contributed by atoms with Crippen LogP contribution in [-0.4, -0.2) is 149 Å². The zero-order valence-corrected chi connectivity index (χ0v) is 41.4. The van der Waals surface area contributed by atoms with E-state index in [2.05, 4.69) is 52.3 Å². The summed E-state index contributed by atoms with van der Waals surface area (Å²) < 4.78 is 11.4. The largest absolute Gasteiger partial charge is 0.511 e. The van der Waals surface area contributed by atoms with Gasteiger partial charge in [0, 0.05) is 65.6 Å². The summed E-state index contributed by atoms with van der Waals surface area (Å²) in [7, 11) is 4.17. The Balaban J connectivity index is 0.861. The number of H-pyrrole nitrogens is 1. The third-order valence-corrected chi connectivity index (χ3v) is 15.4. The predicted molar refractivity (Wildman–Crippen MR) is 259 cm³/mol. The molecule has 0 radical (unpaired) electrons. The molecule has 5 heterocycles. The van der Waals surface area contributed by atoms with Crippen LogP contribution >= 0.6 is 21.6 Å². The summed E-state index contributed by atoms with van der Waals surface area (Å²) in [5.74, 6) is -4.68. The van der Waals surface area contributed by atoms with Crippen molar-refractivity contribution in [3.63, 3.8) is 0 Å². The molecule has 3 aromatic rings. The van der Waals surface area contributed by atoms with Crippen LogP contribution in [0, 0.1) is 5.92 Å². The van der Waals surface area contributed by atoms with E-state index in [-0.39, 0.29) is 101 Å². The predicted octanol–water partition coefficient (Wildman–Crippen LogP) is 0.0877. The molecule has 6 unspecified atom stereocenters. The molecule has 24 nitrogen and oxygen atoms in total. The maximum absolute atomic E-state index is 14.3. The Morgan fingerprint density at radius 3 is 2.39 bits per heavy atom. The van der Waals surface area contributed by atoms with Crippen LogP contribution in [-0.2, 0) is 40.0 Å². The number of aliphatic carboxylic acids is 2. The highest BCUT2D eigenvalue weighted by Crippen LogP contribution is 2.55. The summed E-state index contributed by atoms with van der Waals surface area (Å²) in [6.45, 7) is 8.81. The second-order valence-electron chi connectivity index (χ2n) is 18.7. The van der Waals surface area contributed by atoms with Crippen LogP contribution in [0.3, 0.4) is 0 Å². The Hall–Kier alpha value is -6.45. The molecule has 2 amide bonds. The smallest absolute Gasteiger partial charge is 0.480 e. The minimum absolute atomic E-state index is 0.0226. The van der Waals surface area contributed by atoms with Gasteiger partial charge in [0.15, 0.2) is 22.7 Å². The summed E-state index contributed by atoms with van der Waals surface area (Å²) in [5.41, 5.74) is 7.32. The number of nitrogens with two attached hydrogens (primary N) is 1. The summed E-state index contributed by atoms with van der Waals surface area (Å²) in [5, 5.41) is 35.1. The SMILES string of the molecule is COC12C(COC([NH3+])=O)C3=C(C(=O)C(C)=C(NC(C)(C)CCSSCC(NC(C)(C)C(=O)CCC(NC(=O)c4ccc(NCc5cnc6nc(N)[nH]c(=O)c6n5)cc4)C(=O)O)C(=O)O)C3=O)N1CC1NC12. The van der Waals surface area contributed by atoms with E-state index in [0.717, 1.165) is 0 Å². The molecule has 3 aliphatic heterocycles. The van der Waals surface area contributed by atoms with Crippen molar-refractivity contribution in [1.82, 2.24) is 46.1 Å². The van der Waals surface area contributed by atoms with Crippen molar-refractivity contribution in [2.45, 2.75) is 101 Å². The number of ether oxygens (including phenoxy) is 2. The third-order valence-electron chi connectivity index (χ3n) is 12.9. The van der Waals surface area contributed by atoms with Crippen molar-refractivity contribution >= 4 is 85.7 Å². The number of anilines is 2. The molecule has 6 atom stereocenters. The Labute approximate surface area is 414 Å². The van der Waals surface area contributed by atoms with Crippen molar-refractivity contribution in [3.05, 3.63) is 74.6 Å². The van der Waals surface area contributed by atoms with Crippen molar-refractivity contribution in [1.29, 1.82) is 0 Å². The van der Waals surface area contributed by atoms with Crippen LogP contribution in [0.25, 0.3) is 11.2 Å². The second-order valence-corrected chi connectivity index (χ2v) is 21.4. The lowest BCUT2D eigenvalue weighted by Gasteiger charge is -2.39. The molecule has 2 aromatic heterocycles. The van der Waals surface area contributed by atoms with Gasteiger partial charge in [-0.2, -0.15) is 9.78 Å². The number of carbonyl (C=O) groups excluding carboxylic acids is 5. The zero-order chi connectivity index (χ0) is 51.7. The van der Waals surface area contributed by atoms with Gasteiger partial charge in [-0.1, -0.05) is 21.6 Å². The van der Waals surface area contributed by atoms with Gasteiger partial charge < -0.3 is 51.6 Å². The lowest BCUT2D eigenvalue weighted by Crippen LogP contribution is -2.59. The summed E-state index contributed by atoms with van der Waals surface area (Å²) in [6, 6.07) is 3.45. The van der Waals surface area contributed by atoms with Crippen molar-refractivity contribution in [2.24, 2.45) is 5.92 Å². The van der Waals surface area contributed by atoms with E-state index in [0.29, 0.717) is 30.1 Å². The molecule has 4 aliphatic rings. The number of Topliss-reactive ketones (excluding diaryl/α,β-unsaturated/α-hetero) is 3. The molecule has 2 fully saturated rings. The monoisotopic (exact) mass is 1020 g/mol. The van der Waals surface area contributed by atoms with E-state index < -0.39 is 70.1 Å². The van der Waals surface area contributed by atoms with Gasteiger partial charge in [0.2, 0.25) is 17.5 Å². The number of aromatic nitrogens is 4. The number of piperazine rings is 1. The molecular weight excluding hydrogens is 965 g/mol. The standard InChI is InChI=1S/C45H56N12O12S2/c1-20-30(34(60)29-24(18-69-42(47)67)45(68-6)35-26(51-35)17-57(45)32(29)33(20)59)56-43(2,3)13-14-70-71-19-27(40(65)66)55-44(4,5)28(58)12-11-25(39(63)64)52-37(61)21-7-9-22(10-8-21)48-15-23-16-49-36-31(50-23)38(62)54-41(46)53-36/h7-10,16,24-27,35,48,51,55-56H,11-15,17-19H2,1-6H3,(H2,47,67)(H,52,61)(H,63,64)(H,65,66)(H3,46,49,53,54,62)/p+1. The normalized spacial score (nSPS) is 21.3. The van der Waals surface area contributed by atoms with Gasteiger partial charge in [-0.3, -0.25) is 44.8 Å². The number of carbonyl (C=O) groups is 7. The maximum Gasteiger partial charge on any atom is 0.511 e. The average molecular weight is 1020 g/mol. The first-order chi connectivity index (χ1) is 33.5. The molecule has 380 valence electrons. The highest BCUT2D eigenvalue weighted by molar-refractivity contribution is 8.76. The van der Waals surface area contributed by atoms with Crippen molar-refractivity contribution in [2.75, 3.05) is 42.8 Å². The number of amides is 2. The number of methoxy groups -OCH3 is 1. The number of nitrogens with one attached hydrogen (secondary N) is 6. The molecule has 7 rings (SSSR count). The number of nitrogen functional groups attached to an aromatic ring is 1. The van der Waals surface area contributed by atoms with E-state index >= 15 is 0 Å². The van der Waals surface area contributed by atoms with Crippen molar-refractivity contribution in [3.8, 4) is 0 Å². The number of rotatable bonds is 24. The molecule has 0 bridgehead atoms. The lowest BCUT2D eigenvalue weighted by atomic mass is 9.82. The number of quaternary nitrogens is 1. The number of fused-ring (bicyclic) bond motifs is 5. The molecule has 26 heteroatoms. The van der Waals surface area contributed by atoms with Crippen LogP contribution in [0.1, 0.15) is 69.9 Å². The van der Waals surface area contributed by atoms with E-state index in [1.807, 2.05) is 18.7 Å². The summed E-state index contributed by atoms with van der Waals surface area (Å²) in [4.78, 5) is 120. The molecule has 1 aliphatic carbocycles. The molecule has 1 aromatic carbocycles. The fourth-order valence-corrected chi connectivity index (χ4v) is 11.6. The van der Waals surface area contributed by atoms with Gasteiger partial charge in [0.05, 0.1) is 47.3 Å². The zero-order valence-electron chi connectivity index (χ0n) is 39.8. The van der Waals surface area contributed by atoms with Gasteiger partial charge in [0.1, 0.15) is 18.7 Å². The molecule has 0 saturated carbocycles. The highest BCUT2D eigenvalue weighted by Gasteiger charge is 2.72. The number of hydrogen-bond acceptors (Lipinski definition) is 21. The Morgan fingerprint density at radius 1 is 1.03 bits per heavy atom. The van der Waals surface area contributed by atoms with Crippen molar-refractivity contribution < 1.29 is 59.0 Å². The Morgan fingerprint density at radius 2 is 1.73 bits per heavy atom. The molecular formula is C45H57N12O12S2+. The number of hydrogen-bond donors (Lipinski definition) is 10. The highest BCUT2D eigenvalue weighted by atomic mass is 33.1. The van der Waals surface area contributed by atoms with Gasteiger partial charge in [-0.05, 0) is 71.7 Å². The maximum atomic E-state index is 14.3. The quantitative estimate of drug-likeness (QED) is 0.0246. The summed E-state index contributed by atoms with van der Waals surface area (Å²) in [6.07, 6.45) is 0.602. The number of carboxylic acid groups (broad SMARTS) is 2. The van der Waals surface area contributed by atoms with Gasteiger partial charge in [-0.15, -0.1) is 0 Å². The molecule has 0 spiro atoms. The van der Waals surface area contributed by atoms with E-state index in [1.54, 1.807) is 19.1 Å². The van der Waals surface area contributed by atoms with Crippen LogP contribution in [0.15, 0.2) is 57.8 Å². The fraction of sp³-hybridized carbons (Fsp3) is 0.489. The third kappa shape index (κ3) is 11.1. The van der Waals surface area contributed by atoms with Gasteiger partial charge in [-0.25, -0.2) is 14.8 Å². The molecule has 13 N–H and O–H groups in total. The number of ketones is 3. The second kappa shape index (κ2) is 20.7.